The zero-order valence-corrected chi connectivity index (χ0v) is 13.6. The van der Waals surface area contributed by atoms with Gasteiger partial charge in [0.25, 0.3) is 0 Å². The minimum Gasteiger partial charge on any atom is -0.495 e. The first-order chi connectivity index (χ1) is 10.0. The van der Waals surface area contributed by atoms with Crippen molar-refractivity contribution in [1.82, 2.24) is 4.90 Å². The van der Waals surface area contributed by atoms with Crippen molar-refractivity contribution in [2.24, 2.45) is 5.92 Å². The molecule has 1 atom stereocenters. The second-order valence-electron chi connectivity index (χ2n) is 5.73. The normalized spacial score (nSPS) is 18.3. The van der Waals surface area contributed by atoms with Gasteiger partial charge in [-0.3, -0.25) is 9.69 Å². The molecule has 1 aromatic rings. The molecule has 2 rings (SSSR count). The van der Waals surface area contributed by atoms with Gasteiger partial charge < -0.3 is 10.1 Å². The number of methoxy groups -OCH3 is 1. The second kappa shape index (κ2) is 7.14. The molecule has 1 saturated heterocycles. The highest BCUT2D eigenvalue weighted by atomic mass is 35.5. The Kier molecular flexibility index (Phi) is 5.48. The van der Waals surface area contributed by atoms with E-state index in [-0.39, 0.29) is 11.9 Å². The molecule has 4 nitrogen and oxygen atoms in total. The van der Waals surface area contributed by atoms with Crippen molar-refractivity contribution in [3.8, 4) is 5.75 Å². The van der Waals surface area contributed by atoms with Crippen molar-refractivity contribution in [2.45, 2.75) is 32.7 Å². The standard InChI is InChI=1S/C16H23ClN2O2/c1-11-6-8-19(9-7-11)12(2)16(20)18-14-10-13(17)4-5-15(14)21-3/h4-5,10-12H,6-9H2,1-3H3,(H,18,20)/t12-/m0/s1. The molecule has 0 aliphatic carbocycles. The van der Waals surface area contributed by atoms with E-state index in [0.717, 1.165) is 31.8 Å². The van der Waals surface area contributed by atoms with Crippen molar-refractivity contribution in [3.05, 3.63) is 23.2 Å². The van der Waals surface area contributed by atoms with Crippen LogP contribution in [0.2, 0.25) is 5.02 Å². The molecule has 1 aromatic carbocycles. The maximum Gasteiger partial charge on any atom is 0.241 e. The number of nitrogens with zero attached hydrogens (tertiary/aromatic N) is 1. The van der Waals surface area contributed by atoms with Gasteiger partial charge in [0.2, 0.25) is 5.91 Å². The highest BCUT2D eigenvalue weighted by Crippen LogP contribution is 2.28. The Bertz CT molecular complexity index is 499. The number of amides is 1. The number of halogens is 1. The minimum atomic E-state index is -0.152. The van der Waals surface area contributed by atoms with E-state index in [2.05, 4.69) is 17.1 Å². The average Bonchev–Trinajstić information content (AvgIpc) is 2.47. The lowest BCUT2D eigenvalue weighted by molar-refractivity contribution is -0.121. The SMILES string of the molecule is COc1ccc(Cl)cc1NC(=O)[C@H](C)N1CCC(C)CC1. The van der Waals surface area contributed by atoms with Crippen LogP contribution >= 0.6 is 11.6 Å². The molecule has 0 bridgehead atoms. The zero-order chi connectivity index (χ0) is 15.4. The Morgan fingerprint density at radius 3 is 2.71 bits per heavy atom. The summed E-state index contributed by atoms with van der Waals surface area (Å²) in [6.45, 7) is 6.16. The summed E-state index contributed by atoms with van der Waals surface area (Å²) in [5, 5.41) is 3.50. The van der Waals surface area contributed by atoms with E-state index >= 15 is 0 Å². The largest absolute Gasteiger partial charge is 0.495 e. The summed E-state index contributed by atoms with van der Waals surface area (Å²) in [5.74, 6) is 1.35. The van der Waals surface area contributed by atoms with E-state index in [0.29, 0.717) is 16.5 Å². The van der Waals surface area contributed by atoms with Gasteiger partial charge in [0.05, 0.1) is 18.8 Å². The first kappa shape index (κ1) is 16.1. The van der Waals surface area contributed by atoms with Crippen LogP contribution in [0, 0.1) is 5.92 Å². The fourth-order valence-electron chi connectivity index (χ4n) is 2.60. The van der Waals surface area contributed by atoms with Crippen LogP contribution in [0.25, 0.3) is 0 Å². The quantitative estimate of drug-likeness (QED) is 0.926. The topological polar surface area (TPSA) is 41.6 Å². The lowest BCUT2D eigenvalue weighted by Crippen LogP contribution is -2.45. The number of ether oxygens (including phenoxy) is 1. The number of carbonyl (C=O) groups excluding carboxylic acids is 1. The molecule has 0 radical (unpaired) electrons. The predicted octanol–water partition coefficient (Wildman–Crippen LogP) is 3.41. The molecule has 0 aromatic heterocycles. The number of benzene rings is 1. The fourth-order valence-corrected chi connectivity index (χ4v) is 2.77. The molecular formula is C16H23ClN2O2. The van der Waals surface area contributed by atoms with Gasteiger partial charge >= 0.3 is 0 Å². The third kappa shape index (κ3) is 4.11. The molecule has 5 heteroatoms. The Morgan fingerprint density at radius 2 is 2.10 bits per heavy atom. The first-order valence-corrected chi connectivity index (χ1v) is 7.77. The van der Waals surface area contributed by atoms with E-state index in [1.807, 2.05) is 6.92 Å². The van der Waals surface area contributed by atoms with Gasteiger partial charge in [-0.25, -0.2) is 0 Å². The first-order valence-electron chi connectivity index (χ1n) is 7.39. The predicted molar refractivity (Wildman–Crippen MR) is 86.1 cm³/mol. The third-order valence-electron chi connectivity index (χ3n) is 4.16. The molecule has 1 aliphatic heterocycles. The molecule has 1 heterocycles. The number of hydrogen-bond acceptors (Lipinski definition) is 3. The number of piperidine rings is 1. The van der Waals surface area contributed by atoms with Gasteiger partial charge in [-0.2, -0.15) is 0 Å². The Morgan fingerprint density at radius 1 is 1.43 bits per heavy atom. The zero-order valence-electron chi connectivity index (χ0n) is 12.9. The molecule has 1 fully saturated rings. The summed E-state index contributed by atoms with van der Waals surface area (Å²) in [5.41, 5.74) is 0.618. The van der Waals surface area contributed by atoms with Gasteiger partial charge in [0, 0.05) is 5.02 Å². The Hall–Kier alpha value is -1.26. The van der Waals surface area contributed by atoms with Crippen molar-refractivity contribution in [3.63, 3.8) is 0 Å². The summed E-state index contributed by atoms with van der Waals surface area (Å²) in [6.07, 6.45) is 2.30. The van der Waals surface area contributed by atoms with Gasteiger partial charge in [0.15, 0.2) is 0 Å². The molecule has 116 valence electrons. The second-order valence-corrected chi connectivity index (χ2v) is 6.16. The summed E-state index contributed by atoms with van der Waals surface area (Å²) in [7, 11) is 1.58. The van der Waals surface area contributed by atoms with Crippen molar-refractivity contribution >= 4 is 23.2 Å². The molecule has 1 N–H and O–H groups in total. The van der Waals surface area contributed by atoms with Crippen LogP contribution in [0.5, 0.6) is 5.75 Å². The summed E-state index contributed by atoms with van der Waals surface area (Å²) < 4.78 is 5.25. The summed E-state index contributed by atoms with van der Waals surface area (Å²) in [6, 6.07) is 5.06. The molecule has 21 heavy (non-hydrogen) atoms. The fraction of sp³-hybridized carbons (Fsp3) is 0.562. The van der Waals surface area contributed by atoms with Crippen LogP contribution in [-0.4, -0.2) is 37.0 Å². The highest BCUT2D eigenvalue weighted by Gasteiger charge is 2.25. The van der Waals surface area contributed by atoms with E-state index < -0.39 is 0 Å². The number of hydrogen-bond donors (Lipinski definition) is 1. The summed E-state index contributed by atoms with van der Waals surface area (Å²) in [4.78, 5) is 14.6. The molecular weight excluding hydrogens is 288 g/mol. The maximum atomic E-state index is 12.4. The van der Waals surface area contributed by atoms with Gasteiger partial charge in [-0.1, -0.05) is 18.5 Å². The molecule has 0 spiro atoms. The minimum absolute atomic E-state index is 0.0230. The molecule has 0 saturated carbocycles. The Labute approximate surface area is 131 Å². The number of rotatable bonds is 4. The number of carbonyl (C=O) groups is 1. The monoisotopic (exact) mass is 310 g/mol. The van der Waals surface area contributed by atoms with Crippen LogP contribution in [-0.2, 0) is 4.79 Å². The number of anilines is 1. The lowest BCUT2D eigenvalue weighted by atomic mass is 9.98. The maximum absolute atomic E-state index is 12.4. The molecule has 1 amide bonds. The Balaban J connectivity index is 2.02. The molecule has 1 aliphatic rings. The summed E-state index contributed by atoms with van der Waals surface area (Å²) >= 11 is 5.98. The smallest absolute Gasteiger partial charge is 0.241 e. The van der Waals surface area contributed by atoms with Gasteiger partial charge in [0.1, 0.15) is 5.75 Å². The number of likely N-dealkylation sites (tertiary alicyclic amines) is 1. The average molecular weight is 311 g/mol. The van der Waals surface area contributed by atoms with Crippen LogP contribution in [0.4, 0.5) is 5.69 Å². The van der Waals surface area contributed by atoms with Crippen molar-refractivity contribution in [2.75, 3.05) is 25.5 Å². The highest BCUT2D eigenvalue weighted by molar-refractivity contribution is 6.31. The lowest BCUT2D eigenvalue weighted by Gasteiger charge is -2.34. The van der Waals surface area contributed by atoms with Crippen LogP contribution in [0.1, 0.15) is 26.7 Å². The van der Waals surface area contributed by atoms with Gasteiger partial charge in [-0.05, 0) is 57.0 Å². The van der Waals surface area contributed by atoms with Crippen LogP contribution in [0.15, 0.2) is 18.2 Å². The van der Waals surface area contributed by atoms with Crippen LogP contribution < -0.4 is 10.1 Å². The molecule has 0 unspecified atom stereocenters. The van der Waals surface area contributed by atoms with Crippen molar-refractivity contribution in [1.29, 1.82) is 0 Å². The van der Waals surface area contributed by atoms with E-state index in [9.17, 15) is 4.79 Å². The van der Waals surface area contributed by atoms with E-state index in [4.69, 9.17) is 16.3 Å². The van der Waals surface area contributed by atoms with E-state index in [1.54, 1.807) is 25.3 Å². The van der Waals surface area contributed by atoms with Crippen LogP contribution in [0.3, 0.4) is 0 Å². The van der Waals surface area contributed by atoms with E-state index in [1.165, 1.54) is 0 Å². The van der Waals surface area contributed by atoms with Gasteiger partial charge in [-0.15, -0.1) is 0 Å². The third-order valence-corrected chi connectivity index (χ3v) is 4.40. The number of nitrogens with one attached hydrogen (secondary N) is 1. The van der Waals surface area contributed by atoms with Crippen molar-refractivity contribution < 1.29 is 9.53 Å².